The molecule has 0 saturated heterocycles. The van der Waals surface area contributed by atoms with Crippen molar-refractivity contribution in [2.75, 3.05) is 0 Å². The Morgan fingerprint density at radius 2 is 0.925 bits per heavy atom. The van der Waals surface area contributed by atoms with Crippen LogP contribution in [0.3, 0.4) is 0 Å². The van der Waals surface area contributed by atoms with Crippen LogP contribution in [0.1, 0.15) is 43.9 Å². The highest BCUT2D eigenvalue weighted by Crippen LogP contribution is 2.49. The second-order valence-corrected chi connectivity index (χ2v) is 10.9. The smallest absolute Gasteiger partial charge is 0.143 e. The third-order valence-corrected chi connectivity index (χ3v) is 7.93. The SMILES string of the molecule is [2H]c1nc2c(c([2H])c1[2H])c([2H])c([2H])c1c([2H])c([2H])c(-c3c([2H])c([2H])c(-c4c([2H])c([2H])c([2H])c(-c5c(-c6c([2H])c([2H])c([2H])c([2H])c6[2H])oc(-c6c([2H])c([2H])c([2H])c([2H])c6[2H])c5-c5c([2H])c([2H])c([2H])c([2H])c5[2H])c4[2H])c4c([2H])c([2H])c([2H])c([2H])c34)nc12. The van der Waals surface area contributed by atoms with Crippen molar-refractivity contribution >= 4 is 32.6 Å². The molecule has 0 aliphatic carbocycles. The van der Waals surface area contributed by atoms with Crippen molar-refractivity contribution in [3.63, 3.8) is 0 Å². The minimum absolute atomic E-state index is 0.489. The first-order valence-electron chi connectivity index (χ1n) is 31.3. The van der Waals surface area contributed by atoms with Gasteiger partial charge in [0.05, 0.1) is 60.6 Å². The summed E-state index contributed by atoms with van der Waals surface area (Å²) in [7, 11) is 0. The molecule has 10 aromatic rings. The second kappa shape index (κ2) is 12.9. The molecule has 3 heterocycles. The highest BCUT2D eigenvalue weighted by molar-refractivity contribution is 6.08. The molecular weight excluding hydrogens is 645 g/mol. The van der Waals surface area contributed by atoms with Crippen molar-refractivity contribution in [2.45, 2.75) is 0 Å². The monoisotopic (exact) mass is 708 g/mol. The van der Waals surface area contributed by atoms with E-state index in [1.54, 1.807) is 0 Å². The van der Waals surface area contributed by atoms with E-state index in [2.05, 4.69) is 9.97 Å². The molecule has 3 heteroatoms. The first-order valence-corrected chi connectivity index (χ1v) is 15.3. The maximum atomic E-state index is 10.2. The summed E-state index contributed by atoms with van der Waals surface area (Å²) in [5.41, 5.74) is -10.8. The van der Waals surface area contributed by atoms with E-state index < -0.39 is 293 Å². The lowest BCUT2D eigenvalue weighted by Gasteiger charge is -2.14. The standard InChI is InChI=1S/C50H32N2O/c1-4-14-33(15-5-1)45-46(50(37-18-8-3-9-19-37)53-49(45)36-16-6-2-7-17-36)39-21-12-20-38(32-39)40-28-29-43(42-24-11-10-23-41(40)42)44-30-27-35-26-25-34-22-13-31-51-47(34)48(35)52-44/h1-32H/i1D,2D,3D,4D,5D,6D,7D,8D,9D,10D,11D,12D,13D,14D,15D,16D,17D,18D,19D,20D,21D,22D,23D,24D,25D,26D,27D,28D,29D,30D,31D,32D. The lowest BCUT2D eigenvalue weighted by Crippen LogP contribution is -1.91. The predicted molar refractivity (Wildman–Crippen MR) is 219 cm³/mol. The molecule has 0 spiro atoms. The zero-order valence-electron chi connectivity index (χ0n) is 58.3. The molecule has 3 aromatic heterocycles. The molecule has 0 atom stereocenters. The largest absolute Gasteiger partial charge is 0.455 e. The molecule has 7 aromatic carbocycles. The van der Waals surface area contributed by atoms with E-state index in [4.69, 9.17) is 33.2 Å². The van der Waals surface area contributed by atoms with E-state index >= 15 is 0 Å². The number of hydrogen-bond acceptors (Lipinski definition) is 3. The number of nitrogens with zero attached hydrogens (tertiary/aromatic N) is 2. The van der Waals surface area contributed by atoms with Gasteiger partial charge in [0.25, 0.3) is 0 Å². The Hall–Kier alpha value is -7.10. The Bertz CT molecular complexity index is 4720. The Balaban J connectivity index is 1.46. The number of pyridine rings is 2. The fraction of sp³-hybridized carbons (Fsp3) is 0. The summed E-state index contributed by atoms with van der Waals surface area (Å²) in [6.45, 7) is 0. The van der Waals surface area contributed by atoms with Crippen molar-refractivity contribution in [3.05, 3.63) is 193 Å². The number of aromatic nitrogens is 2. The van der Waals surface area contributed by atoms with Gasteiger partial charge in [0.1, 0.15) is 11.5 Å². The third kappa shape index (κ3) is 5.38. The summed E-state index contributed by atoms with van der Waals surface area (Å²) in [6.07, 6.45) is -0.815. The topological polar surface area (TPSA) is 38.9 Å². The molecule has 0 N–H and O–H groups in total. The van der Waals surface area contributed by atoms with Crippen LogP contribution in [0, 0.1) is 0 Å². The van der Waals surface area contributed by atoms with Gasteiger partial charge < -0.3 is 4.42 Å². The Morgan fingerprint density at radius 3 is 1.62 bits per heavy atom. The molecule has 3 nitrogen and oxygen atoms in total. The van der Waals surface area contributed by atoms with Crippen molar-refractivity contribution in [3.8, 4) is 67.3 Å². The fourth-order valence-electron chi connectivity index (χ4n) is 5.69. The minimum atomic E-state index is -1.28. The van der Waals surface area contributed by atoms with Crippen LogP contribution in [0.5, 0.6) is 0 Å². The summed E-state index contributed by atoms with van der Waals surface area (Å²) in [4.78, 5) is 8.45. The van der Waals surface area contributed by atoms with Crippen LogP contribution in [-0.4, -0.2) is 9.97 Å². The molecule has 0 radical (unpaired) electrons. The van der Waals surface area contributed by atoms with Gasteiger partial charge in [-0.3, -0.25) is 4.98 Å². The lowest BCUT2D eigenvalue weighted by atomic mass is 9.89. The van der Waals surface area contributed by atoms with Crippen molar-refractivity contribution < 1.29 is 48.3 Å². The van der Waals surface area contributed by atoms with Gasteiger partial charge >= 0.3 is 0 Å². The molecule has 0 aliphatic rings. The third-order valence-electron chi connectivity index (χ3n) is 7.93. The summed E-state index contributed by atoms with van der Waals surface area (Å²) in [6, 6.07) is -32.6. The average Bonchev–Trinajstić information content (AvgIpc) is 1.75. The van der Waals surface area contributed by atoms with Gasteiger partial charge in [-0.1, -0.05) is 169 Å². The van der Waals surface area contributed by atoms with Crippen LogP contribution >= 0.6 is 0 Å². The summed E-state index contributed by atoms with van der Waals surface area (Å²) in [5.74, 6) is -2.16. The Kier molecular flexibility index (Phi) is 2.98. The summed E-state index contributed by atoms with van der Waals surface area (Å²) in [5, 5.41) is -2.71. The summed E-state index contributed by atoms with van der Waals surface area (Å²) < 4.78 is 293. The van der Waals surface area contributed by atoms with E-state index in [1.165, 1.54) is 0 Å². The Morgan fingerprint density at radius 1 is 0.396 bits per heavy atom. The molecule has 10 rings (SSSR count). The van der Waals surface area contributed by atoms with E-state index in [0.29, 0.717) is 0 Å². The van der Waals surface area contributed by atoms with E-state index in [9.17, 15) is 15.1 Å². The maximum Gasteiger partial charge on any atom is 0.143 e. The summed E-state index contributed by atoms with van der Waals surface area (Å²) >= 11 is 0. The molecule has 0 bridgehead atoms. The molecule has 0 aliphatic heterocycles. The van der Waals surface area contributed by atoms with Crippen molar-refractivity contribution in [1.29, 1.82) is 0 Å². The number of rotatable bonds is 6. The highest BCUT2D eigenvalue weighted by atomic mass is 16.3. The van der Waals surface area contributed by atoms with Crippen LogP contribution in [-0.2, 0) is 0 Å². The molecule has 0 unspecified atom stereocenters. The Labute approximate surface area is 352 Å². The van der Waals surface area contributed by atoms with Crippen LogP contribution in [0.4, 0.5) is 0 Å². The normalized spacial score (nSPS) is 19.8. The highest BCUT2D eigenvalue weighted by Gasteiger charge is 2.25. The van der Waals surface area contributed by atoms with Crippen LogP contribution in [0.25, 0.3) is 99.9 Å². The van der Waals surface area contributed by atoms with E-state index in [-0.39, 0.29) is 0 Å². The minimum Gasteiger partial charge on any atom is -0.455 e. The van der Waals surface area contributed by atoms with Gasteiger partial charge in [-0.25, -0.2) is 4.98 Å². The molecule has 0 saturated carbocycles. The van der Waals surface area contributed by atoms with Gasteiger partial charge in [-0.15, -0.1) is 0 Å². The number of furan rings is 1. The molecule has 0 fully saturated rings. The van der Waals surface area contributed by atoms with Crippen molar-refractivity contribution in [1.82, 2.24) is 9.97 Å². The van der Waals surface area contributed by atoms with Crippen LogP contribution in [0.2, 0.25) is 0 Å². The maximum absolute atomic E-state index is 10.2. The zero-order chi connectivity index (χ0) is 63.0. The first kappa shape index (κ1) is 12.3. The quantitative estimate of drug-likeness (QED) is 0.161. The number of hydrogen-bond donors (Lipinski definition) is 0. The lowest BCUT2D eigenvalue weighted by molar-refractivity contribution is 0.599. The first-order chi connectivity index (χ1) is 39.6. The molecular formula is C50H32N2O. The number of benzene rings is 7. The van der Waals surface area contributed by atoms with Gasteiger partial charge in [-0.2, -0.15) is 0 Å². The van der Waals surface area contributed by atoms with Gasteiger partial charge in [0, 0.05) is 44.8 Å². The second-order valence-electron chi connectivity index (χ2n) is 10.9. The average molecular weight is 709 g/mol. The molecule has 0 amide bonds. The predicted octanol–water partition coefficient (Wildman–Crippen LogP) is 13.5. The number of fused-ring (bicyclic) bond motifs is 4. The van der Waals surface area contributed by atoms with Crippen LogP contribution < -0.4 is 0 Å². The zero-order valence-corrected chi connectivity index (χ0v) is 26.3. The van der Waals surface area contributed by atoms with Gasteiger partial charge in [0.15, 0.2) is 0 Å². The van der Waals surface area contributed by atoms with E-state index in [0.717, 1.165) is 0 Å². The van der Waals surface area contributed by atoms with Crippen LogP contribution in [0.15, 0.2) is 198 Å². The molecule has 53 heavy (non-hydrogen) atoms. The van der Waals surface area contributed by atoms with E-state index in [1.807, 2.05) is 0 Å². The fourth-order valence-corrected chi connectivity index (χ4v) is 5.69. The van der Waals surface area contributed by atoms with Gasteiger partial charge in [0.2, 0.25) is 0 Å². The van der Waals surface area contributed by atoms with Crippen molar-refractivity contribution in [2.24, 2.45) is 0 Å². The molecule has 248 valence electrons. The van der Waals surface area contributed by atoms with Gasteiger partial charge in [-0.05, 0) is 51.2 Å².